The van der Waals surface area contributed by atoms with E-state index in [1.807, 2.05) is 0 Å². The first-order valence-electron chi connectivity index (χ1n) is 21.4. The number of nitrogens with zero attached hydrogens (tertiary/aromatic N) is 2. The summed E-state index contributed by atoms with van der Waals surface area (Å²) in [6.07, 6.45) is 2.15. The second-order valence-corrected chi connectivity index (χ2v) is 15.2. The summed E-state index contributed by atoms with van der Waals surface area (Å²) in [6.45, 7) is 4.46. The van der Waals surface area contributed by atoms with Crippen molar-refractivity contribution in [2.45, 2.75) is 63.1 Å². The first-order valence-corrected chi connectivity index (χ1v) is 21.4. The zero-order valence-electron chi connectivity index (χ0n) is 35.6. The Kier molecular flexibility index (Phi) is 19.5. The fourth-order valence-corrected chi connectivity index (χ4v) is 7.25. The second kappa shape index (κ2) is 25.1. The third-order valence-corrected chi connectivity index (χ3v) is 10.6. The Morgan fingerprint density at radius 2 is 1.41 bits per heavy atom. The van der Waals surface area contributed by atoms with Crippen LogP contribution in [0.3, 0.4) is 0 Å². The van der Waals surface area contributed by atoms with Gasteiger partial charge in [0.1, 0.15) is 17.7 Å². The highest BCUT2D eigenvalue weighted by molar-refractivity contribution is 6.25. The van der Waals surface area contributed by atoms with Gasteiger partial charge in [-0.3, -0.25) is 43.8 Å². The number of fused-ring (bicyclic) bond motifs is 1. The van der Waals surface area contributed by atoms with E-state index in [1.165, 1.54) is 11.0 Å². The number of imide groups is 2. The van der Waals surface area contributed by atoms with Crippen LogP contribution in [0.2, 0.25) is 0 Å². The number of rotatable bonds is 29. The molecule has 2 saturated heterocycles. The maximum Gasteiger partial charge on any atom is 0.264 e. The molecule has 2 atom stereocenters. The van der Waals surface area contributed by atoms with Crippen molar-refractivity contribution in [2.75, 3.05) is 97.6 Å². The first-order chi connectivity index (χ1) is 30.9. The number of unbranched alkanes of at least 4 members (excludes halogenated alkanes) is 2. The fraction of sp³-hybridized carbons (Fsp3) is 0.558. The van der Waals surface area contributed by atoms with Gasteiger partial charge in [0.05, 0.1) is 77.2 Å². The molecule has 0 aliphatic carbocycles. The van der Waals surface area contributed by atoms with Gasteiger partial charge >= 0.3 is 0 Å². The van der Waals surface area contributed by atoms with Crippen LogP contribution in [0.4, 0.5) is 14.5 Å². The Morgan fingerprint density at radius 3 is 2.05 bits per heavy atom. The normalized spacial score (nSPS) is 18.4. The lowest BCUT2D eigenvalue weighted by molar-refractivity contribution is -0.154. The largest absolute Gasteiger partial charge is 0.382 e. The Hall–Kier alpha value is -5.45. The van der Waals surface area contributed by atoms with Gasteiger partial charge in [0.2, 0.25) is 23.3 Å². The summed E-state index contributed by atoms with van der Waals surface area (Å²) in [6, 6.07) is 6.63. The molecule has 0 bridgehead atoms. The topological polar surface area (TPSA) is 240 Å². The molecule has 0 spiro atoms. The van der Waals surface area contributed by atoms with E-state index >= 15 is 0 Å². The molecular weight excluding hydrogens is 846 g/mol. The lowest BCUT2D eigenvalue weighted by Crippen LogP contribution is -2.54. The first kappa shape index (κ1) is 49.6. The quantitative estimate of drug-likeness (QED) is 0.0432. The Labute approximate surface area is 368 Å². The molecule has 5 N–H and O–H groups in total. The van der Waals surface area contributed by atoms with Crippen LogP contribution in [0.25, 0.3) is 0 Å². The minimum absolute atomic E-state index is 0.0470. The number of piperidine rings is 1. The predicted molar refractivity (Wildman–Crippen MR) is 222 cm³/mol. The number of nitrogens with one attached hydrogen (secondary N) is 4. The van der Waals surface area contributed by atoms with Crippen molar-refractivity contribution in [2.24, 2.45) is 0 Å². The Bertz CT molecular complexity index is 1950. The zero-order chi connectivity index (χ0) is 45.9. The molecule has 0 saturated carbocycles. The summed E-state index contributed by atoms with van der Waals surface area (Å²) >= 11 is 0. The van der Waals surface area contributed by atoms with Gasteiger partial charge in [-0.1, -0.05) is 12.5 Å². The van der Waals surface area contributed by atoms with Gasteiger partial charge in [-0.05, 0) is 49.1 Å². The van der Waals surface area contributed by atoms with Gasteiger partial charge in [0, 0.05) is 63.7 Å². The Balaban J connectivity index is 0.770. The molecular formula is C43H56F2N6O13. The number of carbonyl (C=O) groups excluding carboxylic acids is 7. The second-order valence-electron chi connectivity index (χ2n) is 15.2. The Morgan fingerprint density at radius 1 is 0.781 bits per heavy atom. The molecule has 2 aromatic carbocycles. The molecule has 3 aliphatic heterocycles. The standard InChI is InChI=1S/C43H56F2N6O13/c44-30-25-29(26-31(45)27-30)28-48-41(57)43(59)10-14-50(42(43)58)13-3-1-2-7-35(52)47-12-16-61-18-20-63-22-24-64-23-21-62-19-17-60-15-11-46-33-6-4-5-32-37(33)40(56)51(39(32)55)34-8-9-36(53)49-38(34)54/h4-6,25-27,34,46,59H,1-3,7-24,28H2,(H,47,52)(H,48,57)(H,49,53,54). The third kappa shape index (κ3) is 14.3. The monoisotopic (exact) mass is 902 g/mol. The van der Waals surface area contributed by atoms with Crippen LogP contribution in [-0.4, -0.2) is 160 Å². The fourth-order valence-electron chi connectivity index (χ4n) is 7.25. The molecule has 0 radical (unpaired) electrons. The van der Waals surface area contributed by atoms with E-state index in [-0.39, 0.29) is 54.9 Å². The maximum atomic E-state index is 13.4. The summed E-state index contributed by atoms with van der Waals surface area (Å²) in [4.78, 5) is 89.8. The van der Waals surface area contributed by atoms with Crippen LogP contribution >= 0.6 is 0 Å². The van der Waals surface area contributed by atoms with E-state index in [9.17, 15) is 47.4 Å². The average molecular weight is 903 g/mol. The van der Waals surface area contributed by atoms with E-state index in [1.54, 1.807) is 12.1 Å². The average Bonchev–Trinajstić information content (AvgIpc) is 3.70. The van der Waals surface area contributed by atoms with E-state index in [0.29, 0.717) is 123 Å². The minimum atomic E-state index is -2.24. The number of benzene rings is 2. The SMILES string of the molecule is O=C(CCCCCN1CCC(O)(C(=O)NCc2cc(F)cc(F)c2)C1=O)NCCOCCOCCOCCOCCOCCNc1cccc2c1C(=O)N(C1CCC(=O)NC1=O)C2=O. The number of ether oxygens (including phenoxy) is 5. The number of hydrogen-bond acceptors (Lipinski definition) is 14. The van der Waals surface area contributed by atoms with Crippen molar-refractivity contribution in [1.82, 2.24) is 25.8 Å². The predicted octanol–water partition coefficient (Wildman–Crippen LogP) is 0.817. The number of halogens is 2. The van der Waals surface area contributed by atoms with Crippen LogP contribution in [0, 0.1) is 11.6 Å². The van der Waals surface area contributed by atoms with Crippen LogP contribution < -0.4 is 21.3 Å². The molecule has 350 valence electrons. The highest BCUT2D eigenvalue weighted by Crippen LogP contribution is 2.32. The molecule has 3 aliphatic rings. The molecule has 3 heterocycles. The smallest absolute Gasteiger partial charge is 0.264 e. The molecule has 5 rings (SSSR count). The lowest BCUT2D eigenvalue weighted by Gasteiger charge is -2.27. The van der Waals surface area contributed by atoms with Gasteiger partial charge in [-0.2, -0.15) is 0 Å². The van der Waals surface area contributed by atoms with Gasteiger partial charge in [-0.25, -0.2) is 8.78 Å². The molecule has 2 unspecified atom stereocenters. The van der Waals surface area contributed by atoms with Crippen molar-refractivity contribution in [1.29, 1.82) is 0 Å². The van der Waals surface area contributed by atoms with E-state index in [2.05, 4.69) is 21.3 Å². The van der Waals surface area contributed by atoms with Crippen molar-refractivity contribution in [3.8, 4) is 0 Å². The summed E-state index contributed by atoms with van der Waals surface area (Å²) in [7, 11) is 0. The highest BCUT2D eigenvalue weighted by Gasteiger charge is 2.51. The van der Waals surface area contributed by atoms with Gasteiger partial charge in [0.15, 0.2) is 0 Å². The molecule has 0 aromatic heterocycles. The van der Waals surface area contributed by atoms with E-state index in [4.69, 9.17) is 23.7 Å². The summed E-state index contributed by atoms with van der Waals surface area (Å²) in [5.41, 5.74) is -1.25. The van der Waals surface area contributed by atoms with Crippen LogP contribution in [0.1, 0.15) is 71.2 Å². The van der Waals surface area contributed by atoms with Gasteiger partial charge < -0.3 is 49.6 Å². The van der Waals surface area contributed by atoms with Crippen molar-refractivity contribution in [3.63, 3.8) is 0 Å². The molecule has 21 heteroatoms. The lowest BCUT2D eigenvalue weighted by atomic mass is 10.0. The van der Waals surface area contributed by atoms with Crippen LogP contribution in [0.15, 0.2) is 36.4 Å². The summed E-state index contributed by atoms with van der Waals surface area (Å²) in [5, 5.41) is 21.2. The molecule has 2 aromatic rings. The minimum Gasteiger partial charge on any atom is -0.382 e. The van der Waals surface area contributed by atoms with Gasteiger partial charge in [0.25, 0.3) is 23.6 Å². The molecule has 19 nitrogen and oxygen atoms in total. The molecule has 7 amide bonds. The van der Waals surface area contributed by atoms with Crippen LogP contribution in [0.5, 0.6) is 0 Å². The van der Waals surface area contributed by atoms with E-state index < -0.39 is 58.7 Å². The number of likely N-dealkylation sites (tertiary alicyclic amines) is 1. The summed E-state index contributed by atoms with van der Waals surface area (Å²) in [5.74, 6) is -5.62. The van der Waals surface area contributed by atoms with E-state index in [0.717, 1.165) is 17.0 Å². The number of aliphatic hydroxyl groups is 1. The van der Waals surface area contributed by atoms with Crippen molar-refractivity contribution in [3.05, 3.63) is 64.7 Å². The highest BCUT2D eigenvalue weighted by atomic mass is 19.1. The number of carbonyl (C=O) groups is 7. The number of amides is 7. The maximum absolute atomic E-state index is 13.4. The zero-order valence-corrected chi connectivity index (χ0v) is 35.6. The van der Waals surface area contributed by atoms with Crippen molar-refractivity contribution < 1.29 is 71.1 Å². The van der Waals surface area contributed by atoms with Crippen molar-refractivity contribution >= 4 is 47.0 Å². The van der Waals surface area contributed by atoms with Crippen LogP contribution in [-0.2, 0) is 54.2 Å². The number of anilines is 1. The third-order valence-electron chi connectivity index (χ3n) is 10.6. The molecule has 64 heavy (non-hydrogen) atoms. The molecule has 2 fully saturated rings. The number of hydrogen-bond donors (Lipinski definition) is 5. The van der Waals surface area contributed by atoms with Gasteiger partial charge in [-0.15, -0.1) is 0 Å². The summed E-state index contributed by atoms with van der Waals surface area (Å²) < 4.78 is 54.4.